The van der Waals surface area contributed by atoms with E-state index in [4.69, 9.17) is 4.74 Å². The average Bonchev–Trinajstić information content (AvgIpc) is 2.54. The van der Waals surface area contributed by atoms with Crippen LogP contribution in [0.5, 0.6) is 0 Å². The van der Waals surface area contributed by atoms with Gasteiger partial charge in [0.1, 0.15) is 0 Å². The summed E-state index contributed by atoms with van der Waals surface area (Å²) in [6.07, 6.45) is -5.22. The molecule has 0 aliphatic heterocycles. The fourth-order valence-electron chi connectivity index (χ4n) is 1.61. The van der Waals surface area contributed by atoms with Crippen LogP contribution in [0.4, 0.5) is 36.4 Å². The SMILES string of the molecule is CCCCOC(=O)c1ccc(NC(=O)C(F)(F)C(F)(F)C(F)(F)F)cc1. The molecule has 0 saturated heterocycles. The van der Waals surface area contributed by atoms with Crippen molar-refractivity contribution in [1.29, 1.82) is 0 Å². The molecule has 0 spiro atoms. The van der Waals surface area contributed by atoms with Gasteiger partial charge in [-0.25, -0.2) is 4.79 Å². The Morgan fingerprint density at radius 1 is 1.00 bits per heavy atom. The maximum absolute atomic E-state index is 13.2. The summed E-state index contributed by atoms with van der Waals surface area (Å²) < 4.78 is 92.9. The minimum Gasteiger partial charge on any atom is -0.462 e. The van der Waals surface area contributed by atoms with Crippen molar-refractivity contribution in [2.45, 2.75) is 37.8 Å². The number of esters is 1. The summed E-state index contributed by atoms with van der Waals surface area (Å²) in [6.45, 7) is 2.01. The van der Waals surface area contributed by atoms with E-state index in [0.29, 0.717) is 6.42 Å². The molecule has 146 valence electrons. The first kappa shape index (κ1) is 21.7. The summed E-state index contributed by atoms with van der Waals surface area (Å²) in [5.74, 6) is -16.2. The van der Waals surface area contributed by atoms with Gasteiger partial charge in [-0.05, 0) is 30.7 Å². The van der Waals surface area contributed by atoms with Gasteiger partial charge in [0.25, 0.3) is 0 Å². The first-order valence-electron chi connectivity index (χ1n) is 7.25. The van der Waals surface area contributed by atoms with Crippen LogP contribution in [-0.4, -0.2) is 36.5 Å². The molecule has 4 nitrogen and oxygen atoms in total. The van der Waals surface area contributed by atoms with E-state index in [9.17, 15) is 40.3 Å². The summed E-state index contributed by atoms with van der Waals surface area (Å²) in [5.41, 5.74) is -0.524. The van der Waals surface area contributed by atoms with Crippen LogP contribution in [-0.2, 0) is 9.53 Å². The highest BCUT2D eigenvalue weighted by atomic mass is 19.4. The van der Waals surface area contributed by atoms with Crippen LogP contribution in [0, 0.1) is 0 Å². The number of hydrogen-bond donors (Lipinski definition) is 1. The maximum atomic E-state index is 13.2. The van der Waals surface area contributed by atoms with Crippen molar-refractivity contribution in [3.05, 3.63) is 29.8 Å². The van der Waals surface area contributed by atoms with E-state index in [0.717, 1.165) is 30.7 Å². The van der Waals surface area contributed by atoms with E-state index >= 15 is 0 Å². The zero-order valence-corrected chi connectivity index (χ0v) is 13.3. The Labute approximate surface area is 143 Å². The van der Waals surface area contributed by atoms with Gasteiger partial charge in [-0.3, -0.25) is 4.79 Å². The minimum absolute atomic E-state index is 0.0218. The molecular weight excluding hydrogens is 375 g/mol. The van der Waals surface area contributed by atoms with Gasteiger partial charge in [-0.15, -0.1) is 0 Å². The van der Waals surface area contributed by atoms with Gasteiger partial charge >= 0.3 is 29.9 Å². The highest BCUT2D eigenvalue weighted by Crippen LogP contribution is 2.46. The Morgan fingerprint density at radius 3 is 2.00 bits per heavy atom. The molecule has 0 heterocycles. The van der Waals surface area contributed by atoms with Gasteiger partial charge in [0.05, 0.1) is 12.2 Å². The number of anilines is 1. The quantitative estimate of drug-likeness (QED) is 0.427. The highest BCUT2D eigenvalue weighted by molar-refractivity contribution is 5.97. The van der Waals surface area contributed by atoms with E-state index in [-0.39, 0.29) is 12.2 Å². The van der Waals surface area contributed by atoms with Gasteiger partial charge in [0, 0.05) is 5.69 Å². The molecule has 1 amide bonds. The van der Waals surface area contributed by atoms with Crippen molar-refractivity contribution in [3.8, 4) is 0 Å². The van der Waals surface area contributed by atoms with Crippen LogP contribution in [0.15, 0.2) is 24.3 Å². The molecule has 0 atom stereocenters. The Morgan fingerprint density at radius 2 is 1.54 bits per heavy atom. The zero-order valence-electron chi connectivity index (χ0n) is 13.3. The Hall–Kier alpha value is -2.33. The van der Waals surface area contributed by atoms with Gasteiger partial charge < -0.3 is 10.1 Å². The van der Waals surface area contributed by atoms with Crippen molar-refractivity contribution in [2.24, 2.45) is 0 Å². The molecule has 0 aliphatic rings. The van der Waals surface area contributed by atoms with Gasteiger partial charge in [-0.1, -0.05) is 13.3 Å². The third kappa shape index (κ3) is 4.64. The summed E-state index contributed by atoms with van der Waals surface area (Å²) in [5, 5.41) is 1.26. The molecule has 1 rings (SSSR count). The standard InChI is InChI=1S/C15H14F7NO3/c1-2-3-8-26-11(24)9-4-6-10(7-5-9)23-12(25)13(16,17)14(18,19)15(20,21)22/h4-7H,2-3,8H2,1H3,(H,23,25). The Bertz CT molecular complexity index is 642. The normalized spacial score (nSPS) is 12.6. The molecule has 0 fully saturated rings. The largest absolute Gasteiger partial charge is 0.462 e. The van der Waals surface area contributed by atoms with E-state index in [1.54, 1.807) is 0 Å². The second kappa shape index (κ2) is 7.92. The monoisotopic (exact) mass is 389 g/mol. The fourth-order valence-corrected chi connectivity index (χ4v) is 1.61. The van der Waals surface area contributed by atoms with Crippen LogP contribution in [0.3, 0.4) is 0 Å². The molecule has 1 N–H and O–H groups in total. The highest BCUT2D eigenvalue weighted by Gasteiger charge is 2.76. The summed E-state index contributed by atoms with van der Waals surface area (Å²) in [7, 11) is 0. The average molecular weight is 389 g/mol. The number of rotatable bonds is 7. The molecule has 0 radical (unpaired) electrons. The Balaban J connectivity index is 2.83. The van der Waals surface area contributed by atoms with E-state index < -0.39 is 35.6 Å². The lowest BCUT2D eigenvalue weighted by atomic mass is 10.1. The smallest absolute Gasteiger partial charge is 0.460 e. The van der Waals surface area contributed by atoms with Gasteiger partial charge in [0.15, 0.2) is 0 Å². The lowest BCUT2D eigenvalue weighted by molar-refractivity contribution is -0.343. The van der Waals surface area contributed by atoms with Crippen LogP contribution in [0.1, 0.15) is 30.1 Å². The van der Waals surface area contributed by atoms with Crippen LogP contribution < -0.4 is 5.32 Å². The van der Waals surface area contributed by atoms with Crippen molar-refractivity contribution in [1.82, 2.24) is 0 Å². The van der Waals surface area contributed by atoms with Crippen molar-refractivity contribution >= 4 is 17.6 Å². The Kier molecular flexibility index (Phi) is 6.61. The van der Waals surface area contributed by atoms with Gasteiger partial charge in [-0.2, -0.15) is 30.7 Å². The van der Waals surface area contributed by atoms with E-state index in [1.165, 1.54) is 5.32 Å². The van der Waals surface area contributed by atoms with Crippen LogP contribution in [0.2, 0.25) is 0 Å². The van der Waals surface area contributed by atoms with E-state index in [1.807, 2.05) is 6.92 Å². The molecule has 11 heteroatoms. The topological polar surface area (TPSA) is 55.4 Å². The molecule has 0 unspecified atom stereocenters. The van der Waals surface area contributed by atoms with Crippen molar-refractivity contribution in [3.63, 3.8) is 0 Å². The minimum atomic E-state index is -6.61. The number of carbonyl (C=O) groups excluding carboxylic acids is 2. The number of amides is 1. The summed E-state index contributed by atoms with van der Waals surface area (Å²) >= 11 is 0. The molecule has 0 saturated carbocycles. The lowest BCUT2D eigenvalue weighted by Crippen LogP contribution is -2.57. The van der Waals surface area contributed by atoms with Gasteiger partial charge in [0.2, 0.25) is 0 Å². The molecule has 26 heavy (non-hydrogen) atoms. The second-order valence-electron chi connectivity index (χ2n) is 5.17. The summed E-state index contributed by atoms with van der Waals surface area (Å²) in [6, 6.07) is 3.83. The number of unbranched alkanes of at least 4 members (excludes halogenated alkanes) is 1. The number of halogens is 7. The fraction of sp³-hybridized carbons (Fsp3) is 0.467. The maximum Gasteiger partial charge on any atom is 0.460 e. The number of nitrogens with one attached hydrogen (secondary N) is 1. The van der Waals surface area contributed by atoms with Crippen molar-refractivity contribution < 1.29 is 45.1 Å². The lowest BCUT2D eigenvalue weighted by Gasteiger charge is -2.27. The molecule has 0 aliphatic carbocycles. The number of benzene rings is 1. The predicted molar refractivity (Wildman–Crippen MR) is 76.2 cm³/mol. The summed E-state index contributed by atoms with van der Waals surface area (Å²) in [4.78, 5) is 22.8. The third-order valence-corrected chi connectivity index (χ3v) is 3.15. The zero-order chi connectivity index (χ0) is 20.2. The molecule has 1 aromatic rings. The molecule has 0 bridgehead atoms. The third-order valence-electron chi connectivity index (χ3n) is 3.15. The van der Waals surface area contributed by atoms with E-state index in [2.05, 4.69) is 0 Å². The molecule has 0 aromatic heterocycles. The molecular formula is C15H14F7NO3. The van der Waals surface area contributed by atoms with Crippen LogP contribution >= 0.6 is 0 Å². The number of hydrogen-bond acceptors (Lipinski definition) is 3. The van der Waals surface area contributed by atoms with Crippen LogP contribution in [0.25, 0.3) is 0 Å². The predicted octanol–water partition coefficient (Wildman–Crippen LogP) is 4.41. The first-order valence-corrected chi connectivity index (χ1v) is 7.25. The van der Waals surface area contributed by atoms with Crippen molar-refractivity contribution in [2.75, 3.05) is 11.9 Å². The first-order chi connectivity index (χ1) is 11.8. The second-order valence-corrected chi connectivity index (χ2v) is 5.17. The number of ether oxygens (including phenoxy) is 1. The molecule has 1 aromatic carbocycles. The number of alkyl halides is 7. The number of carbonyl (C=O) groups is 2.